The van der Waals surface area contributed by atoms with Crippen molar-refractivity contribution in [1.29, 1.82) is 0 Å². The molecule has 0 saturated heterocycles. The van der Waals surface area contributed by atoms with Crippen LogP contribution < -0.4 is 5.73 Å². The number of hydrogen-bond acceptors (Lipinski definition) is 6. The molecule has 1 aromatic carbocycles. The maximum atomic E-state index is 10.8. The third-order valence-electron chi connectivity index (χ3n) is 3.45. The number of nitrogen functional groups attached to an aromatic ring is 1. The van der Waals surface area contributed by atoms with Crippen molar-refractivity contribution in [2.75, 3.05) is 12.1 Å². The molecular weight excluding hydrogens is 345 g/mol. The summed E-state index contributed by atoms with van der Waals surface area (Å²) in [6.07, 6.45) is 0.739. The molecule has 25 heavy (non-hydrogen) atoms. The van der Waals surface area contributed by atoms with Gasteiger partial charge in [0.25, 0.3) is 0 Å². The number of imidazole rings is 1. The van der Waals surface area contributed by atoms with Crippen LogP contribution in [-0.2, 0) is 28.8 Å². The molecular formula is C15H18N5O4P. The fraction of sp³-hybridized carbons (Fsp3) is 0.267. The Hall–Kier alpha value is -2.32. The maximum absolute atomic E-state index is 10.8. The van der Waals surface area contributed by atoms with E-state index in [0.29, 0.717) is 29.2 Å². The fourth-order valence-corrected chi connectivity index (χ4v) is 2.68. The molecule has 0 amide bonds. The lowest BCUT2D eigenvalue weighted by atomic mass is 10.1. The van der Waals surface area contributed by atoms with Crippen molar-refractivity contribution in [2.45, 2.75) is 19.4 Å². The molecule has 3 rings (SSSR count). The van der Waals surface area contributed by atoms with Gasteiger partial charge in [0.2, 0.25) is 0 Å². The molecule has 0 aliphatic rings. The quantitative estimate of drug-likeness (QED) is 0.460. The first-order valence-electron chi connectivity index (χ1n) is 7.58. The molecule has 132 valence electrons. The third kappa shape index (κ3) is 4.83. The number of aromatic nitrogens is 4. The van der Waals surface area contributed by atoms with E-state index in [2.05, 4.69) is 19.9 Å². The van der Waals surface area contributed by atoms with Crippen molar-refractivity contribution in [3.63, 3.8) is 0 Å². The minimum Gasteiger partial charge on any atom is -0.382 e. The van der Waals surface area contributed by atoms with E-state index in [-0.39, 0.29) is 12.4 Å². The Balaban J connectivity index is 1.71. The van der Waals surface area contributed by atoms with Gasteiger partial charge in [0.05, 0.1) is 0 Å². The number of rotatable bonds is 7. The Kier molecular flexibility index (Phi) is 5.10. The molecule has 0 radical (unpaired) electrons. The third-order valence-corrected chi connectivity index (χ3v) is 3.97. The van der Waals surface area contributed by atoms with E-state index < -0.39 is 13.9 Å². The van der Waals surface area contributed by atoms with Gasteiger partial charge in [0.15, 0.2) is 11.5 Å². The van der Waals surface area contributed by atoms with E-state index >= 15 is 0 Å². The highest BCUT2D eigenvalue weighted by Gasteiger charge is 2.15. The molecule has 3 aromatic rings. The summed E-state index contributed by atoms with van der Waals surface area (Å²) in [5, 5.41) is 0. The van der Waals surface area contributed by atoms with Gasteiger partial charge >= 0.3 is 7.60 Å². The van der Waals surface area contributed by atoms with Gasteiger partial charge in [-0.2, -0.15) is 0 Å². The lowest BCUT2D eigenvalue weighted by Crippen LogP contribution is -2.02. The van der Waals surface area contributed by atoms with Crippen LogP contribution in [0.2, 0.25) is 0 Å². The van der Waals surface area contributed by atoms with Gasteiger partial charge in [-0.05, 0) is 12.0 Å². The van der Waals surface area contributed by atoms with Crippen LogP contribution in [0.25, 0.3) is 11.2 Å². The fourth-order valence-electron chi connectivity index (χ4n) is 2.36. The number of aryl methyl sites for hydroxylation is 2. The molecule has 10 heteroatoms. The summed E-state index contributed by atoms with van der Waals surface area (Å²) >= 11 is 0. The smallest absolute Gasteiger partial charge is 0.350 e. The number of nitrogens with two attached hydrogens (primary N) is 1. The first-order valence-corrected chi connectivity index (χ1v) is 9.38. The molecule has 0 bridgehead atoms. The topological polar surface area (TPSA) is 147 Å². The van der Waals surface area contributed by atoms with Gasteiger partial charge in [0.1, 0.15) is 30.1 Å². The van der Waals surface area contributed by atoms with Crippen molar-refractivity contribution < 1.29 is 19.1 Å². The molecule has 0 fully saturated rings. The highest BCUT2D eigenvalue weighted by Crippen LogP contribution is 2.34. The minimum atomic E-state index is -4.21. The summed E-state index contributed by atoms with van der Waals surface area (Å²) in [5.41, 5.74) is 8.02. The molecule has 0 unspecified atom stereocenters. The highest BCUT2D eigenvalue weighted by molar-refractivity contribution is 7.51. The van der Waals surface area contributed by atoms with Crippen molar-refractivity contribution in [1.82, 2.24) is 19.9 Å². The first-order chi connectivity index (χ1) is 11.9. The van der Waals surface area contributed by atoms with Crippen molar-refractivity contribution in [2.24, 2.45) is 0 Å². The summed E-state index contributed by atoms with van der Waals surface area (Å²) in [5.74, 6) is 1.24. The number of hydrogen-bond donors (Lipinski definition) is 4. The highest BCUT2D eigenvalue weighted by atomic mass is 31.2. The number of fused-ring (bicyclic) bond motifs is 1. The summed E-state index contributed by atoms with van der Waals surface area (Å²) < 4.78 is 15.7. The SMILES string of the molecule is Nc1nc(CCc2ccccc2)nc2nc(COCP(=O)(O)O)[nH]c12. The van der Waals surface area contributed by atoms with E-state index in [0.717, 1.165) is 6.42 Å². The summed E-state index contributed by atoms with van der Waals surface area (Å²) in [6.45, 7) is -0.0831. The molecule has 2 aromatic heterocycles. The summed E-state index contributed by atoms with van der Waals surface area (Å²) in [4.78, 5) is 33.4. The summed E-state index contributed by atoms with van der Waals surface area (Å²) in [6, 6.07) is 9.99. The van der Waals surface area contributed by atoms with E-state index in [4.69, 9.17) is 20.3 Å². The van der Waals surface area contributed by atoms with Crippen molar-refractivity contribution in [3.8, 4) is 0 Å². The Labute approximate surface area is 143 Å². The second-order valence-corrected chi connectivity index (χ2v) is 7.12. The van der Waals surface area contributed by atoms with Crippen LogP contribution in [0.3, 0.4) is 0 Å². The predicted molar refractivity (Wildman–Crippen MR) is 91.6 cm³/mol. The second kappa shape index (κ2) is 7.28. The maximum Gasteiger partial charge on any atom is 0.350 e. The Morgan fingerprint density at radius 2 is 1.88 bits per heavy atom. The van der Waals surface area contributed by atoms with Crippen LogP contribution in [0.1, 0.15) is 17.2 Å². The zero-order chi connectivity index (χ0) is 17.9. The van der Waals surface area contributed by atoms with Gasteiger partial charge in [-0.25, -0.2) is 15.0 Å². The zero-order valence-electron chi connectivity index (χ0n) is 13.3. The van der Waals surface area contributed by atoms with Crippen LogP contribution >= 0.6 is 7.60 Å². The monoisotopic (exact) mass is 363 g/mol. The van der Waals surface area contributed by atoms with Crippen molar-refractivity contribution >= 4 is 24.6 Å². The van der Waals surface area contributed by atoms with Crippen molar-refractivity contribution in [3.05, 3.63) is 47.5 Å². The van der Waals surface area contributed by atoms with E-state index in [9.17, 15) is 4.57 Å². The normalized spacial score (nSPS) is 11.9. The number of nitrogens with zero attached hydrogens (tertiary/aromatic N) is 3. The number of nitrogens with one attached hydrogen (secondary N) is 1. The zero-order valence-corrected chi connectivity index (χ0v) is 14.2. The molecule has 0 aliphatic heterocycles. The van der Waals surface area contributed by atoms with Gasteiger partial charge in [-0.3, -0.25) is 4.57 Å². The van der Waals surface area contributed by atoms with E-state index in [1.807, 2.05) is 30.3 Å². The molecule has 0 saturated carbocycles. The molecule has 5 N–H and O–H groups in total. The average molecular weight is 363 g/mol. The van der Waals surface area contributed by atoms with Gasteiger partial charge in [-0.15, -0.1) is 0 Å². The van der Waals surface area contributed by atoms with Gasteiger partial charge in [-0.1, -0.05) is 30.3 Å². The second-order valence-electron chi connectivity index (χ2n) is 5.54. The largest absolute Gasteiger partial charge is 0.382 e. The van der Waals surface area contributed by atoms with Crippen LogP contribution in [0.15, 0.2) is 30.3 Å². The predicted octanol–water partition coefficient (Wildman–Crippen LogP) is 1.37. The van der Waals surface area contributed by atoms with E-state index in [1.54, 1.807) is 0 Å². The molecule has 9 nitrogen and oxygen atoms in total. The van der Waals surface area contributed by atoms with Crippen LogP contribution in [0.5, 0.6) is 0 Å². The lowest BCUT2D eigenvalue weighted by Gasteiger charge is -2.03. The Bertz CT molecular complexity index is 909. The molecule has 0 atom stereocenters. The average Bonchev–Trinajstić information content (AvgIpc) is 2.96. The number of ether oxygens (including phenoxy) is 1. The van der Waals surface area contributed by atoms with Crippen LogP contribution in [0.4, 0.5) is 5.82 Å². The minimum absolute atomic E-state index is 0.0831. The number of H-pyrrole nitrogens is 1. The van der Waals surface area contributed by atoms with Gasteiger partial charge in [0, 0.05) is 6.42 Å². The van der Waals surface area contributed by atoms with Gasteiger partial charge < -0.3 is 25.2 Å². The number of benzene rings is 1. The molecule has 0 spiro atoms. The number of aromatic amines is 1. The first kappa shape index (κ1) is 17.5. The molecule has 2 heterocycles. The van der Waals surface area contributed by atoms with Crippen LogP contribution in [0, 0.1) is 0 Å². The number of anilines is 1. The lowest BCUT2D eigenvalue weighted by molar-refractivity contribution is 0.140. The standard InChI is InChI=1S/C15H18N5O4P/c16-14-13-15(20-12(17-13)8-24-9-25(21,22)23)19-11(18-14)7-6-10-4-2-1-3-5-10/h1-5H,6-9H2,(H2,21,22,23)(H3,16,17,18,19,20). The summed E-state index contributed by atoms with van der Waals surface area (Å²) in [7, 11) is -4.21. The van der Waals surface area contributed by atoms with E-state index in [1.165, 1.54) is 5.56 Å². The molecule has 0 aliphatic carbocycles. The van der Waals surface area contributed by atoms with Crippen LogP contribution in [-0.4, -0.2) is 36.1 Å². The Morgan fingerprint density at radius 1 is 1.12 bits per heavy atom. The Morgan fingerprint density at radius 3 is 2.60 bits per heavy atom.